The average Bonchev–Trinajstić information content (AvgIpc) is 3.16. The number of aromatic nitrogens is 3. The number of hydrogen-bond donors (Lipinski definition) is 0. The molecule has 0 N–H and O–H groups in total. The number of aryl methyl sites for hydroxylation is 2. The second kappa shape index (κ2) is 6.51. The van der Waals surface area contributed by atoms with Crippen LogP contribution in [0.1, 0.15) is 62.5 Å². The largest absolute Gasteiger partial charge is 0.361 e. The van der Waals surface area contributed by atoms with Crippen LogP contribution < -0.4 is 0 Å². The van der Waals surface area contributed by atoms with Crippen LogP contribution in [-0.2, 0) is 4.79 Å². The molecule has 1 fully saturated rings. The predicted molar refractivity (Wildman–Crippen MR) is 104 cm³/mol. The Kier molecular flexibility index (Phi) is 4.29. The van der Waals surface area contributed by atoms with Gasteiger partial charge in [-0.3, -0.25) is 4.79 Å². The van der Waals surface area contributed by atoms with Crippen LogP contribution in [0, 0.1) is 13.8 Å². The van der Waals surface area contributed by atoms with Gasteiger partial charge in [0.15, 0.2) is 0 Å². The molecule has 0 aliphatic carbocycles. The molecule has 6 heteroatoms. The molecule has 6 nitrogen and oxygen atoms in total. The lowest BCUT2D eigenvalue weighted by molar-refractivity contribution is -0.135. The number of piperidine rings is 1. The Balaban J connectivity index is 1.87. The van der Waals surface area contributed by atoms with Crippen molar-refractivity contribution in [2.75, 3.05) is 7.05 Å². The highest BCUT2D eigenvalue weighted by Gasteiger charge is 2.31. The fourth-order valence-corrected chi connectivity index (χ4v) is 4.24. The topological polar surface area (TPSA) is 64.2 Å². The fourth-order valence-electron chi connectivity index (χ4n) is 4.24. The first-order valence-electron chi connectivity index (χ1n) is 9.59. The molecule has 0 radical (unpaired) electrons. The summed E-state index contributed by atoms with van der Waals surface area (Å²) in [5.41, 5.74) is 5.02. The van der Waals surface area contributed by atoms with Crippen molar-refractivity contribution in [3.8, 4) is 11.1 Å². The van der Waals surface area contributed by atoms with Crippen LogP contribution in [0.2, 0.25) is 0 Å². The molecule has 27 heavy (non-hydrogen) atoms. The van der Waals surface area contributed by atoms with E-state index in [9.17, 15) is 4.79 Å². The second-order valence-corrected chi connectivity index (χ2v) is 7.75. The van der Waals surface area contributed by atoms with E-state index in [1.807, 2.05) is 25.8 Å². The van der Waals surface area contributed by atoms with Crippen molar-refractivity contribution in [3.05, 3.63) is 35.5 Å². The Morgan fingerprint density at radius 1 is 1.26 bits per heavy atom. The zero-order valence-corrected chi connectivity index (χ0v) is 16.6. The molecule has 1 saturated heterocycles. The maximum Gasteiger partial charge on any atom is 0.222 e. The van der Waals surface area contributed by atoms with Gasteiger partial charge in [-0.25, -0.2) is 4.98 Å². The molecule has 3 heterocycles. The quantitative estimate of drug-likeness (QED) is 0.681. The molecular formula is C21H26N4O2. The maximum atomic E-state index is 12.2. The highest BCUT2D eigenvalue weighted by molar-refractivity contribution is 5.84. The van der Waals surface area contributed by atoms with E-state index < -0.39 is 0 Å². The second-order valence-electron chi connectivity index (χ2n) is 7.75. The molecule has 2 aromatic heterocycles. The number of nitrogens with zero attached hydrogens (tertiary/aromatic N) is 4. The number of carbonyl (C=O) groups excluding carboxylic acids is 1. The van der Waals surface area contributed by atoms with Crippen molar-refractivity contribution < 1.29 is 9.32 Å². The maximum absolute atomic E-state index is 12.2. The normalized spacial score (nSPS) is 18.1. The van der Waals surface area contributed by atoms with E-state index >= 15 is 0 Å². The van der Waals surface area contributed by atoms with Gasteiger partial charge in [0, 0.05) is 25.1 Å². The van der Waals surface area contributed by atoms with Crippen LogP contribution in [0.5, 0.6) is 0 Å². The van der Waals surface area contributed by atoms with E-state index in [1.54, 1.807) is 0 Å². The third-order valence-electron chi connectivity index (χ3n) is 5.58. The van der Waals surface area contributed by atoms with Crippen LogP contribution >= 0.6 is 0 Å². The van der Waals surface area contributed by atoms with Crippen molar-refractivity contribution in [1.29, 1.82) is 0 Å². The molecule has 3 aromatic rings. The Hall–Kier alpha value is -2.63. The van der Waals surface area contributed by atoms with Crippen LogP contribution in [-0.4, -0.2) is 32.6 Å². The SMILES string of the molecule is Cc1noc(C)c1-c1ccc2c(c1)nc(C1CCCC(=O)N1C)n2C(C)C. The fraction of sp³-hybridized carbons (Fsp3) is 0.476. The highest BCUT2D eigenvalue weighted by atomic mass is 16.5. The molecule has 0 bridgehead atoms. The van der Waals surface area contributed by atoms with Crippen LogP contribution in [0.3, 0.4) is 0 Å². The van der Waals surface area contributed by atoms with Crippen molar-refractivity contribution >= 4 is 16.9 Å². The molecular weight excluding hydrogens is 340 g/mol. The van der Waals surface area contributed by atoms with Crippen LogP contribution in [0.4, 0.5) is 0 Å². The Morgan fingerprint density at radius 2 is 2.04 bits per heavy atom. The first kappa shape index (κ1) is 17.8. The first-order chi connectivity index (χ1) is 12.9. The lowest BCUT2D eigenvalue weighted by Crippen LogP contribution is -2.36. The first-order valence-corrected chi connectivity index (χ1v) is 9.59. The zero-order chi connectivity index (χ0) is 19.3. The number of amides is 1. The Bertz CT molecular complexity index is 995. The number of imidazole rings is 1. The highest BCUT2D eigenvalue weighted by Crippen LogP contribution is 2.36. The summed E-state index contributed by atoms with van der Waals surface area (Å²) < 4.78 is 7.60. The van der Waals surface area contributed by atoms with Gasteiger partial charge in [-0.05, 0) is 58.2 Å². The van der Waals surface area contributed by atoms with E-state index in [1.165, 1.54) is 0 Å². The molecule has 0 saturated carbocycles. The molecule has 1 atom stereocenters. The summed E-state index contributed by atoms with van der Waals surface area (Å²) in [5, 5.41) is 4.07. The van der Waals surface area contributed by atoms with Crippen LogP contribution in [0.25, 0.3) is 22.2 Å². The average molecular weight is 366 g/mol. The van der Waals surface area contributed by atoms with E-state index in [-0.39, 0.29) is 18.0 Å². The van der Waals surface area contributed by atoms with Crippen molar-refractivity contribution in [1.82, 2.24) is 19.6 Å². The minimum atomic E-state index is 0.0311. The third kappa shape index (κ3) is 2.83. The monoisotopic (exact) mass is 366 g/mol. The number of carbonyl (C=O) groups is 1. The van der Waals surface area contributed by atoms with Gasteiger partial charge in [0.1, 0.15) is 11.6 Å². The Labute approximate surface area is 159 Å². The van der Waals surface area contributed by atoms with Gasteiger partial charge in [-0.1, -0.05) is 11.2 Å². The number of likely N-dealkylation sites (tertiary alicyclic amines) is 1. The molecule has 142 valence electrons. The number of hydrogen-bond acceptors (Lipinski definition) is 4. The molecule has 1 aliphatic rings. The van der Waals surface area contributed by atoms with Gasteiger partial charge in [0.25, 0.3) is 0 Å². The van der Waals surface area contributed by atoms with Crippen LogP contribution in [0.15, 0.2) is 22.7 Å². The van der Waals surface area contributed by atoms with Gasteiger partial charge in [0.2, 0.25) is 5.91 Å². The van der Waals surface area contributed by atoms with Gasteiger partial charge in [0.05, 0.1) is 22.8 Å². The lowest BCUT2D eigenvalue weighted by Gasteiger charge is -2.33. The smallest absolute Gasteiger partial charge is 0.222 e. The number of fused-ring (bicyclic) bond motifs is 1. The summed E-state index contributed by atoms with van der Waals surface area (Å²) in [6.07, 6.45) is 2.50. The van der Waals surface area contributed by atoms with Crippen molar-refractivity contribution in [2.24, 2.45) is 0 Å². The van der Waals surface area contributed by atoms with E-state index in [0.717, 1.165) is 52.3 Å². The summed E-state index contributed by atoms with van der Waals surface area (Å²) in [4.78, 5) is 19.1. The van der Waals surface area contributed by atoms with Gasteiger partial charge >= 0.3 is 0 Å². The predicted octanol–water partition coefficient (Wildman–Crippen LogP) is 4.57. The Morgan fingerprint density at radius 3 is 2.70 bits per heavy atom. The van der Waals surface area contributed by atoms with E-state index in [4.69, 9.17) is 9.51 Å². The summed E-state index contributed by atoms with van der Waals surface area (Å²) in [7, 11) is 1.89. The molecule has 1 unspecified atom stereocenters. The van der Waals surface area contributed by atoms with E-state index in [0.29, 0.717) is 6.42 Å². The summed E-state index contributed by atoms with van der Waals surface area (Å²) in [6.45, 7) is 8.21. The van der Waals surface area contributed by atoms with Gasteiger partial charge < -0.3 is 14.0 Å². The molecule has 1 aromatic carbocycles. The molecule has 1 aliphatic heterocycles. The summed E-state index contributed by atoms with van der Waals surface area (Å²) >= 11 is 0. The number of rotatable bonds is 3. The van der Waals surface area contributed by atoms with Gasteiger partial charge in [-0.2, -0.15) is 0 Å². The molecule has 0 spiro atoms. The van der Waals surface area contributed by atoms with Crippen molar-refractivity contribution in [2.45, 2.75) is 59.0 Å². The third-order valence-corrected chi connectivity index (χ3v) is 5.58. The number of benzene rings is 1. The summed E-state index contributed by atoms with van der Waals surface area (Å²) in [5.74, 6) is 1.99. The minimum Gasteiger partial charge on any atom is -0.361 e. The zero-order valence-electron chi connectivity index (χ0n) is 16.6. The molecule has 4 rings (SSSR count). The van der Waals surface area contributed by atoms with Crippen molar-refractivity contribution in [3.63, 3.8) is 0 Å². The van der Waals surface area contributed by atoms with E-state index in [2.05, 4.69) is 41.8 Å². The molecule has 1 amide bonds. The minimum absolute atomic E-state index is 0.0311. The summed E-state index contributed by atoms with van der Waals surface area (Å²) in [6, 6.07) is 6.63. The lowest BCUT2D eigenvalue weighted by atomic mass is 10.0. The standard InChI is InChI=1S/C21H26N4O2/c1-12(2)25-17-10-9-15(20-13(3)23-27-14(20)4)11-16(17)22-21(25)18-7-6-8-19(26)24(18)5/h9-12,18H,6-8H2,1-5H3. The van der Waals surface area contributed by atoms with Gasteiger partial charge in [-0.15, -0.1) is 0 Å².